The summed E-state index contributed by atoms with van der Waals surface area (Å²) in [6.45, 7) is 1.87. The van der Waals surface area contributed by atoms with Crippen molar-refractivity contribution in [1.82, 2.24) is 4.98 Å². The van der Waals surface area contributed by atoms with Gasteiger partial charge in [0.15, 0.2) is 15.0 Å². The zero-order chi connectivity index (χ0) is 14.5. The first-order chi connectivity index (χ1) is 9.28. The van der Waals surface area contributed by atoms with E-state index in [1.165, 1.54) is 11.3 Å². The highest BCUT2D eigenvalue weighted by molar-refractivity contribution is 7.91. The molecule has 110 valence electrons. The van der Waals surface area contributed by atoms with E-state index < -0.39 is 27.3 Å². The first kappa shape index (κ1) is 13.8. The average molecular weight is 316 g/mol. The van der Waals surface area contributed by atoms with Gasteiger partial charge in [-0.25, -0.2) is 13.4 Å². The van der Waals surface area contributed by atoms with Crippen LogP contribution in [0.2, 0.25) is 0 Å². The number of fused-ring (bicyclic) bond motifs is 1. The second-order valence-electron chi connectivity index (χ2n) is 5.78. The molecule has 1 aromatic rings. The van der Waals surface area contributed by atoms with Crippen LogP contribution in [-0.4, -0.2) is 41.5 Å². The number of hydrogen-bond donors (Lipinski definition) is 2. The smallest absolute Gasteiger partial charge is 0.312 e. The van der Waals surface area contributed by atoms with Gasteiger partial charge < -0.3 is 10.4 Å². The summed E-state index contributed by atoms with van der Waals surface area (Å²) < 4.78 is 23.2. The van der Waals surface area contributed by atoms with Crippen molar-refractivity contribution < 1.29 is 18.3 Å². The van der Waals surface area contributed by atoms with Gasteiger partial charge in [0.25, 0.3) is 0 Å². The third kappa shape index (κ3) is 2.42. The monoisotopic (exact) mass is 316 g/mol. The van der Waals surface area contributed by atoms with Crippen molar-refractivity contribution in [3.63, 3.8) is 0 Å². The minimum Gasteiger partial charge on any atom is -0.481 e. The summed E-state index contributed by atoms with van der Waals surface area (Å²) in [6.07, 6.45) is 1.90. The highest BCUT2D eigenvalue weighted by Crippen LogP contribution is 2.39. The number of sulfone groups is 1. The van der Waals surface area contributed by atoms with Crippen molar-refractivity contribution in [2.45, 2.75) is 37.6 Å². The molecule has 6 nitrogen and oxygen atoms in total. The molecule has 2 N–H and O–H groups in total. The zero-order valence-corrected chi connectivity index (χ0v) is 12.7. The van der Waals surface area contributed by atoms with Gasteiger partial charge in [0, 0.05) is 4.88 Å². The third-order valence-corrected chi connectivity index (χ3v) is 6.88. The second-order valence-corrected chi connectivity index (χ2v) is 9.05. The van der Waals surface area contributed by atoms with Crippen LogP contribution < -0.4 is 5.32 Å². The van der Waals surface area contributed by atoms with Crippen LogP contribution in [0.1, 0.15) is 36.3 Å². The van der Waals surface area contributed by atoms with E-state index in [4.69, 9.17) is 5.11 Å². The number of nitrogens with zero attached hydrogens (tertiary/aromatic N) is 1. The van der Waals surface area contributed by atoms with Crippen LogP contribution in [0, 0.1) is 0 Å². The normalized spacial score (nSPS) is 31.1. The van der Waals surface area contributed by atoms with Crippen molar-refractivity contribution in [1.29, 1.82) is 0 Å². The van der Waals surface area contributed by atoms with Gasteiger partial charge in [-0.3, -0.25) is 4.79 Å². The molecule has 1 saturated heterocycles. The lowest BCUT2D eigenvalue weighted by atomic mass is 10.0. The van der Waals surface area contributed by atoms with E-state index in [0.29, 0.717) is 23.7 Å². The molecule has 8 heteroatoms. The van der Waals surface area contributed by atoms with E-state index in [1.54, 1.807) is 0 Å². The lowest BCUT2D eigenvalue weighted by molar-refractivity contribution is -0.138. The molecular weight excluding hydrogens is 300 g/mol. The maximum absolute atomic E-state index is 11.6. The number of carbonyl (C=O) groups is 1. The van der Waals surface area contributed by atoms with Gasteiger partial charge in [-0.2, -0.15) is 0 Å². The topological polar surface area (TPSA) is 96.4 Å². The Bertz CT molecular complexity index is 667. The molecule has 2 aliphatic rings. The van der Waals surface area contributed by atoms with E-state index in [-0.39, 0.29) is 11.5 Å². The first-order valence-electron chi connectivity index (χ1n) is 6.49. The predicted octanol–water partition coefficient (Wildman–Crippen LogP) is 1.25. The number of thiazole rings is 1. The maximum atomic E-state index is 11.6. The van der Waals surface area contributed by atoms with E-state index in [9.17, 15) is 13.2 Å². The Labute approximate surface area is 121 Å². The largest absolute Gasteiger partial charge is 0.481 e. The molecule has 0 spiro atoms. The van der Waals surface area contributed by atoms with Crippen LogP contribution in [0.15, 0.2) is 0 Å². The van der Waals surface area contributed by atoms with Gasteiger partial charge in [-0.05, 0) is 26.2 Å². The molecule has 1 aliphatic heterocycles. The van der Waals surface area contributed by atoms with Crippen LogP contribution in [0.3, 0.4) is 0 Å². The van der Waals surface area contributed by atoms with Gasteiger partial charge in [0.05, 0.1) is 22.7 Å². The Hall–Kier alpha value is -1.15. The maximum Gasteiger partial charge on any atom is 0.312 e. The number of carboxylic acid groups (broad SMARTS) is 1. The lowest BCUT2D eigenvalue weighted by Crippen LogP contribution is -2.35. The second kappa shape index (κ2) is 4.42. The highest BCUT2D eigenvalue weighted by atomic mass is 32.2. The van der Waals surface area contributed by atoms with Crippen molar-refractivity contribution in [3.05, 3.63) is 10.6 Å². The fourth-order valence-electron chi connectivity index (χ4n) is 2.89. The standard InChI is InChI=1S/C12H16N2O4S2/c1-12(4-5-20(17,18)6-12)14-11-13-9-7(10(15)16)2-3-8(9)19-11/h7H,2-6H2,1H3,(H,13,14)(H,15,16). The number of anilines is 1. The van der Waals surface area contributed by atoms with Crippen LogP contribution in [-0.2, 0) is 21.1 Å². The molecule has 1 aliphatic carbocycles. The number of nitrogens with one attached hydrogen (secondary N) is 1. The summed E-state index contributed by atoms with van der Waals surface area (Å²) in [5.74, 6) is -1.06. The minimum atomic E-state index is -2.97. The molecule has 2 atom stereocenters. The molecule has 2 unspecified atom stereocenters. The van der Waals surface area contributed by atoms with Gasteiger partial charge in [0.1, 0.15) is 5.92 Å². The number of aliphatic carboxylic acids is 1. The summed E-state index contributed by atoms with van der Waals surface area (Å²) in [5.41, 5.74) is 0.151. The Kier molecular flexibility index (Phi) is 3.06. The van der Waals surface area contributed by atoms with Crippen molar-refractivity contribution in [3.8, 4) is 0 Å². The molecular formula is C12H16N2O4S2. The average Bonchev–Trinajstić information content (AvgIpc) is 2.91. The molecule has 0 amide bonds. The molecule has 0 radical (unpaired) electrons. The van der Waals surface area contributed by atoms with Crippen LogP contribution in [0.5, 0.6) is 0 Å². The van der Waals surface area contributed by atoms with Crippen molar-refractivity contribution >= 4 is 32.3 Å². The van der Waals surface area contributed by atoms with Gasteiger partial charge in [-0.1, -0.05) is 0 Å². The van der Waals surface area contributed by atoms with E-state index >= 15 is 0 Å². The van der Waals surface area contributed by atoms with Crippen LogP contribution in [0.25, 0.3) is 0 Å². The summed E-state index contributed by atoms with van der Waals surface area (Å²) in [7, 11) is -2.97. The van der Waals surface area contributed by atoms with Gasteiger partial charge >= 0.3 is 5.97 Å². The molecule has 3 rings (SSSR count). The quantitative estimate of drug-likeness (QED) is 0.871. The molecule has 2 heterocycles. The van der Waals surface area contributed by atoms with Gasteiger partial charge in [0.2, 0.25) is 0 Å². The van der Waals surface area contributed by atoms with Crippen molar-refractivity contribution in [2.75, 3.05) is 16.8 Å². The number of rotatable bonds is 3. The molecule has 0 bridgehead atoms. The summed E-state index contributed by atoms with van der Waals surface area (Å²) in [4.78, 5) is 16.5. The van der Waals surface area contributed by atoms with Crippen LogP contribution >= 0.6 is 11.3 Å². The highest BCUT2D eigenvalue weighted by Gasteiger charge is 2.40. The Morgan fingerprint density at radius 2 is 2.30 bits per heavy atom. The summed E-state index contributed by atoms with van der Waals surface area (Å²) in [6, 6.07) is 0. The third-order valence-electron chi connectivity index (χ3n) is 3.93. The van der Waals surface area contributed by atoms with Crippen LogP contribution in [0.4, 0.5) is 5.13 Å². The predicted molar refractivity (Wildman–Crippen MR) is 76.1 cm³/mol. The lowest BCUT2D eigenvalue weighted by Gasteiger charge is -2.23. The van der Waals surface area contributed by atoms with Crippen molar-refractivity contribution in [2.24, 2.45) is 0 Å². The fraction of sp³-hybridized carbons (Fsp3) is 0.667. The van der Waals surface area contributed by atoms with E-state index in [0.717, 1.165) is 11.3 Å². The zero-order valence-electron chi connectivity index (χ0n) is 11.0. The number of carboxylic acids is 1. The summed E-state index contributed by atoms with van der Waals surface area (Å²) in [5, 5.41) is 13.0. The minimum absolute atomic E-state index is 0.104. The van der Waals surface area contributed by atoms with Gasteiger partial charge in [-0.15, -0.1) is 11.3 Å². The number of aromatic nitrogens is 1. The Morgan fingerprint density at radius 1 is 1.55 bits per heavy atom. The Morgan fingerprint density at radius 3 is 2.90 bits per heavy atom. The molecule has 1 fully saturated rings. The Balaban J connectivity index is 1.81. The van der Waals surface area contributed by atoms with E-state index in [1.807, 2.05) is 6.92 Å². The number of aryl methyl sites for hydroxylation is 1. The molecule has 1 aromatic heterocycles. The van der Waals surface area contributed by atoms with E-state index in [2.05, 4.69) is 10.3 Å². The first-order valence-corrected chi connectivity index (χ1v) is 9.13. The molecule has 0 saturated carbocycles. The summed E-state index contributed by atoms with van der Waals surface area (Å²) >= 11 is 1.45. The fourth-order valence-corrected chi connectivity index (χ4v) is 6.17. The molecule has 20 heavy (non-hydrogen) atoms. The SMILES string of the molecule is CC1(Nc2nc3c(s2)CCC3C(=O)O)CCS(=O)(=O)C1. The molecule has 0 aromatic carbocycles. The number of hydrogen-bond acceptors (Lipinski definition) is 6.